The molecule has 0 spiro atoms. The van der Waals surface area contributed by atoms with E-state index >= 15 is 0 Å². The number of nitrogens with one attached hydrogen (secondary N) is 1. The first kappa shape index (κ1) is 18.9. The number of halogens is 1. The van der Waals surface area contributed by atoms with Gasteiger partial charge in [-0.3, -0.25) is 4.79 Å². The molecule has 6 nitrogen and oxygen atoms in total. The van der Waals surface area contributed by atoms with Crippen molar-refractivity contribution in [3.8, 4) is 11.4 Å². The van der Waals surface area contributed by atoms with Gasteiger partial charge in [0, 0.05) is 11.6 Å². The van der Waals surface area contributed by atoms with Crippen LogP contribution in [0, 0.1) is 0 Å². The van der Waals surface area contributed by atoms with Crippen LogP contribution in [-0.4, -0.2) is 46.3 Å². The third-order valence-electron chi connectivity index (χ3n) is 4.27. The number of carbonyl (C=O) groups excluding carboxylic acids is 1. The zero-order valence-corrected chi connectivity index (χ0v) is 15.9. The van der Waals surface area contributed by atoms with E-state index in [0.717, 1.165) is 11.3 Å². The van der Waals surface area contributed by atoms with E-state index in [-0.39, 0.29) is 17.5 Å². The van der Waals surface area contributed by atoms with Crippen molar-refractivity contribution in [2.75, 3.05) is 20.6 Å². The van der Waals surface area contributed by atoms with Crippen LogP contribution in [0.3, 0.4) is 0 Å². The summed E-state index contributed by atoms with van der Waals surface area (Å²) in [7, 11) is 3.84. The summed E-state index contributed by atoms with van der Waals surface area (Å²) in [5, 5.41) is 17.8. The second-order valence-corrected chi connectivity index (χ2v) is 6.76. The molecule has 0 aliphatic carbocycles. The van der Waals surface area contributed by atoms with Crippen molar-refractivity contribution >= 4 is 17.5 Å². The van der Waals surface area contributed by atoms with Crippen LogP contribution < -0.4 is 5.32 Å². The molecule has 0 bridgehead atoms. The number of hydrogen-bond acceptors (Lipinski definition) is 4. The SMILES string of the molecule is CN(C)C(CNC(=O)c1nn(-c2ccccc2)cc1O)c1ccccc1Cl. The topological polar surface area (TPSA) is 70.4 Å². The maximum absolute atomic E-state index is 12.6. The number of aromatic nitrogens is 2. The summed E-state index contributed by atoms with van der Waals surface area (Å²) in [6.45, 7) is 0.327. The molecule has 27 heavy (non-hydrogen) atoms. The molecule has 0 fully saturated rings. The van der Waals surface area contributed by atoms with Gasteiger partial charge in [-0.15, -0.1) is 0 Å². The summed E-state index contributed by atoms with van der Waals surface area (Å²) in [5.41, 5.74) is 1.66. The van der Waals surface area contributed by atoms with Crippen LogP contribution in [0.25, 0.3) is 5.69 Å². The molecule has 0 aliphatic heterocycles. The van der Waals surface area contributed by atoms with Crippen molar-refractivity contribution in [3.63, 3.8) is 0 Å². The number of aromatic hydroxyl groups is 1. The number of rotatable bonds is 6. The highest BCUT2D eigenvalue weighted by Crippen LogP contribution is 2.25. The van der Waals surface area contributed by atoms with Crippen LogP contribution in [0.15, 0.2) is 60.8 Å². The molecular formula is C20H21ClN4O2. The Kier molecular flexibility index (Phi) is 5.78. The summed E-state index contributed by atoms with van der Waals surface area (Å²) >= 11 is 6.30. The largest absolute Gasteiger partial charge is 0.504 e. The predicted octanol–water partition coefficient (Wildman–Crippen LogP) is 3.26. The van der Waals surface area contributed by atoms with Gasteiger partial charge < -0.3 is 15.3 Å². The molecular weight excluding hydrogens is 364 g/mol. The monoisotopic (exact) mass is 384 g/mol. The van der Waals surface area contributed by atoms with Crippen LogP contribution in [0.4, 0.5) is 0 Å². The van der Waals surface area contributed by atoms with Gasteiger partial charge in [0.1, 0.15) is 0 Å². The summed E-state index contributed by atoms with van der Waals surface area (Å²) in [6, 6.07) is 16.7. The lowest BCUT2D eigenvalue weighted by Gasteiger charge is -2.25. The van der Waals surface area contributed by atoms with Gasteiger partial charge in [-0.25, -0.2) is 4.68 Å². The second kappa shape index (κ2) is 8.24. The van der Waals surface area contributed by atoms with Crippen molar-refractivity contribution in [3.05, 3.63) is 77.1 Å². The fourth-order valence-electron chi connectivity index (χ4n) is 2.83. The number of hydrogen-bond donors (Lipinski definition) is 2. The molecule has 1 heterocycles. The van der Waals surface area contributed by atoms with Crippen molar-refractivity contribution in [1.29, 1.82) is 0 Å². The Balaban J connectivity index is 1.75. The number of nitrogens with zero attached hydrogens (tertiary/aromatic N) is 3. The van der Waals surface area contributed by atoms with Crippen molar-refractivity contribution in [2.45, 2.75) is 6.04 Å². The molecule has 2 aromatic carbocycles. The van der Waals surface area contributed by atoms with Crippen LogP contribution in [-0.2, 0) is 0 Å². The Labute approximate surface area is 163 Å². The van der Waals surface area contributed by atoms with E-state index < -0.39 is 5.91 Å². The Hall–Kier alpha value is -2.83. The fourth-order valence-corrected chi connectivity index (χ4v) is 3.09. The molecule has 3 rings (SSSR count). The molecule has 2 N–H and O–H groups in total. The van der Waals surface area contributed by atoms with Crippen molar-refractivity contribution in [1.82, 2.24) is 20.0 Å². The molecule has 3 aromatic rings. The first-order chi connectivity index (χ1) is 13.0. The minimum Gasteiger partial charge on any atom is -0.504 e. The molecule has 7 heteroatoms. The molecule has 1 unspecified atom stereocenters. The smallest absolute Gasteiger partial charge is 0.275 e. The Morgan fingerprint density at radius 3 is 2.52 bits per heavy atom. The fraction of sp³-hybridized carbons (Fsp3) is 0.200. The molecule has 140 valence electrons. The molecule has 0 radical (unpaired) electrons. The van der Waals surface area contributed by atoms with Gasteiger partial charge in [-0.1, -0.05) is 48.0 Å². The third-order valence-corrected chi connectivity index (χ3v) is 4.62. The standard InChI is InChI=1S/C20H21ClN4O2/c1-24(2)17(15-10-6-7-11-16(15)21)12-22-20(27)19-18(26)13-25(23-19)14-8-4-3-5-9-14/h3-11,13,17,26H,12H2,1-2H3,(H,22,27). The molecule has 1 atom stereocenters. The number of benzene rings is 2. The minimum absolute atomic E-state index is 0.0180. The quantitative estimate of drug-likeness (QED) is 0.684. The molecule has 1 amide bonds. The van der Waals surface area contributed by atoms with E-state index in [1.54, 1.807) is 0 Å². The van der Waals surface area contributed by atoms with E-state index in [2.05, 4.69) is 10.4 Å². The number of likely N-dealkylation sites (N-methyl/N-ethyl adjacent to an activating group) is 1. The van der Waals surface area contributed by atoms with E-state index in [9.17, 15) is 9.90 Å². The first-order valence-electron chi connectivity index (χ1n) is 8.50. The first-order valence-corrected chi connectivity index (χ1v) is 8.88. The van der Waals surface area contributed by atoms with Gasteiger partial charge in [0.15, 0.2) is 11.4 Å². The normalized spacial score (nSPS) is 12.1. The van der Waals surface area contributed by atoms with Gasteiger partial charge in [0.05, 0.1) is 17.9 Å². The second-order valence-electron chi connectivity index (χ2n) is 6.35. The zero-order chi connectivity index (χ0) is 19.4. The van der Waals surface area contributed by atoms with Gasteiger partial charge in [-0.05, 0) is 37.9 Å². The molecule has 0 aliphatic rings. The average Bonchev–Trinajstić information content (AvgIpc) is 3.05. The molecule has 0 saturated heterocycles. The highest BCUT2D eigenvalue weighted by Gasteiger charge is 2.21. The Morgan fingerprint density at radius 1 is 1.19 bits per heavy atom. The maximum atomic E-state index is 12.6. The van der Waals surface area contributed by atoms with Gasteiger partial charge in [0.2, 0.25) is 0 Å². The lowest BCUT2D eigenvalue weighted by atomic mass is 10.1. The van der Waals surface area contributed by atoms with Crippen LogP contribution in [0.2, 0.25) is 5.02 Å². The summed E-state index contributed by atoms with van der Waals surface area (Å²) in [5.74, 6) is -0.614. The summed E-state index contributed by atoms with van der Waals surface area (Å²) in [4.78, 5) is 14.5. The number of carbonyl (C=O) groups is 1. The van der Waals surface area contributed by atoms with E-state index in [4.69, 9.17) is 11.6 Å². The Morgan fingerprint density at radius 2 is 1.85 bits per heavy atom. The van der Waals surface area contributed by atoms with Gasteiger partial charge in [0.25, 0.3) is 5.91 Å². The van der Waals surface area contributed by atoms with Crippen LogP contribution in [0.5, 0.6) is 5.75 Å². The summed E-state index contributed by atoms with van der Waals surface area (Å²) in [6.07, 6.45) is 1.42. The number of para-hydroxylation sites is 1. The van der Waals surface area contributed by atoms with Crippen LogP contribution >= 0.6 is 11.6 Å². The lowest BCUT2D eigenvalue weighted by molar-refractivity contribution is 0.0934. The average molecular weight is 385 g/mol. The maximum Gasteiger partial charge on any atom is 0.275 e. The zero-order valence-electron chi connectivity index (χ0n) is 15.1. The lowest BCUT2D eigenvalue weighted by Crippen LogP contribution is -2.35. The van der Waals surface area contributed by atoms with E-state index in [0.29, 0.717) is 11.6 Å². The van der Waals surface area contributed by atoms with E-state index in [1.807, 2.05) is 73.6 Å². The highest BCUT2D eigenvalue weighted by molar-refractivity contribution is 6.31. The van der Waals surface area contributed by atoms with Crippen molar-refractivity contribution in [2.24, 2.45) is 0 Å². The van der Waals surface area contributed by atoms with Crippen LogP contribution in [0.1, 0.15) is 22.1 Å². The predicted molar refractivity (Wildman–Crippen MR) is 105 cm³/mol. The highest BCUT2D eigenvalue weighted by atomic mass is 35.5. The Bertz CT molecular complexity index is 925. The third kappa shape index (κ3) is 4.30. The minimum atomic E-state index is -0.443. The van der Waals surface area contributed by atoms with E-state index in [1.165, 1.54) is 10.9 Å². The van der Waals surface area contributed by atoms with Gasteiger partial charge in [-0.2, -0.15) is 5.10 Å². The molecule has 0 saturated carbocycles. The molecule has 1 aromatic heterocycles. The van der Waals surface area contributed by atoms with Gasteiger partial charge >= 0.3 is 0 Å². The number of amides is 1. The summed E-state index contributed by atoms with van der Waals surface area (Å²) < 4.78 is 1.47. The van der Waals surface area contributed by atoms with Crippen molar-refractivity contribution < 1.29 is 9.90 Å².